The van der Waals surface area contributed by atoms with Crippen molar-refractivity contribution in [2.24, 2.45) is 17.8 Å². The van der Waals surface area contributed by atoms with Gasteiger partial charge in [-0.15, -0.1) is 0 Å². The predicted octanol–water partition coefficient (Wildman–Crippen LogP) is 1.43. The number of carbonyl (C=O) groups excluding carboxylic acids is 2. The van der Waals surface area contributed by atoms with Gasteiger partial charge in [0.2, 0.25) is 11.8 Å². The highest BCUT2D eigenvalue weighted by atomic mass is 19.4. The predicted molar refractivity (Wildman–Crippen MR) is 64.6 cm³/mol. The summed E-state index contributed by atoms with van der Waals surface area (Å²) in [5.41, 5.74) is -0.946. The molecule has 1 aliphatic carbocycles. The number of imide groups is 1. The molecular formula is C14H12F3NO3. The molecule has 1 N–H and O–H groups in total. The Morgan fingerprint density at radius 1 is 1.10 bits per heavy atom. The van der Waals surface area contributed by atoms with Crippen LogP contribution < -0.4 is 0 Å². The largest absolute Gasteiger partial charge is 0.416 e. The first kappa shape index (κ1) is 14.1. The second kappa shape index (κ2) is 4.56. The normalized spacial score (nSPS) is 28.0. The molecule has 1 aliphatic heterocycles. The highest BCUT2D eigenvalue weighted by molar-refractivity contribution is 6.09. The molecule has 7 heteroatoms. The van der Waals surface area contributed by atoms with Crippen molar-refractivity contribution in [3.63, 3.8) is 0 Å². The van der Waals surface area contributed by atoms with Gasteiger partial charge in [-0.25, -0.2) is 0 Å². The van der Waals surface area contributed by atoms with Crippen molar-refractivity contribution >= 4 is 11.8 Å². The Kier molecular flexibility index (Phi) is 3.05. The van der Waals surface area contributed by atoms with E-state index in [1.54, 1.807) is 0 Å². The molecular weight excluding hydrogens is 287 g/mol. The monoisotopic (exact) mass is 299 g/mol. The number of nitrogens with zero attached hydrogens (tertiary/aromatic N) is 1. The van der Waals surface area contributed by atoms with E-state index in [9.17, 15) is 22.8 Å². The van der Waals surface area contributed by atoms with Crippen LogP contribution in [0.4, 0.5) is 13.2 Å². The van der Waals surface area contributed by atoms with E-state index in [2.05, 4.69) is 0 Å². The summed E-state index contributed by atoms with van der Waals surface area (Å²) < 4.78 is 38.7. The van der Waals surface area contributed by atoms with Crippen LogP contribution in [0.1, 0.15) is 11.1 Å². The van der Waals surface area contributed by atoms with Gasteiger partial charge in [0.25, 0.3) is 0 Å². The summed E-state index contributed by atoms with van der Waals surface area (Å²) in [4.78, 5) is 24.9. The molecule has 1 aromatic carbocycles. The Labute approximate surface area is 118 Å². The number of alkyl halides is 3. The molecule has 1 saturated carbocycles. The summed E-state index contributed by atoms with van der Waals surface area (Å²) in [7, 11) is 0. The van der Waals surface area contributed by atoms with Crippen molar-refractivity contribution in [1.29, 1.82) is 0 Å². The average Bonchev–Trinajstić information content (AvgIpc) is 3.11. The topological polar surface area (TPSA) is 57.6 Å². The molecule has 4 nitrogen and oxygen atoms in total. The quantitative estimate of drug-likeness (QED) is 0.859. The summed E-state index contributed by atoms with van der Waals surface area (Å²) in [5, 5.41) is 9.00. The number of amides is 2. The molecule has 0 bridgehead atoms. The van der Waals surface area contributed by atoms with Gasteiger partial charge in [-0.3, -0.25) is 14.5 Å². The average molecular weight is 299 g/mol. The molecule has 1 aromatic rings. The molecule has 2 unspecified atom stereocenters. The number of hydrogen-bond acceptors (Lipinski definition) is 3. The Bertz CT molecular complexity index is 592. The lowest BCUT2D eigenvalue weighted by Crippen LogP contribution is -2.35. The molecule has 0 spiro atoms. The van der Waals surface area contributed by atoms with E-state index < -0.39 is 35.4 Å². The van der Waals surface area contributed by atoms with E-state index in [4.69, 9.17) is 5.11 Å². The summed E-state index contributed by atoms with van der Waals surface area (Å²) in [6, 6.07) is 4.89. The third-order valence-electron chi connectivity index (χ3n) is 4.13. The molecule has 2 atom stereocenters. The maximum atomic E-state index is 12.9. The fourth-order valence-corrected chi connectivity index (χ4v) is 3.00. The van der Waals surface area contributed by atoms with E-state index in [0.717, 1.165) is 11.0 Å². The van der Waals surface area contributed by atoms with Crippen LogP contribution in [0.3, 0.4) is 0 Å². The highest BCUT2D eigenvalue weighted by Gasteiger charge is 2.66. The van der Waals surface area contributed by atoms with E-state index in [1.807, 2.05) is 0 Å². The number of rotatable bonds is 3. The Hall–Kier alpha value is -1.89. The van der Waals surface area contributed by atoms with Crippen LogP contribution in [0.2, 0.25) is 0 Å². The maximum absolute atomic E-state index is 12.9. The Balaban J connectivity index is 1.84. The minimum atomic E-state index is -4.53. The van der Waals surface area contributed by atoms with Crippen LogP contribution in [0, 0.1) is 17.8 Å². The molecule has 2 amide bonds. The lowest BCUT2D eigenvalue weighted by molar-refractivity contribution is -0.145. The number of carbonyl (C=O) groups is 2. The lowest BCUT2D eigenvalue weighted by Gasteiger charge is -2.20. The van der Waals surface area contributed by atoms with Crippen LogP contribution in [-0.4, -0.2) is 28.4 Å². The first-order valence-electron chi connectivity index (χ1n) is 6.47. The number of benzene rings is 1. The van der Waals surface area contributed by atoms with Gasteiger partial charge in [0.15, 0.2) is 0 Å². The van der Waals surface area contributed by atoms with Crippen LogP contribution in [0.25, 0.3) is 0 Å². The molecule has 2 aliphatic rings. The van der Waals surface area contributed by atoms with Crippen molar-refractivity contribution in [1.82, 2.24) is 4.90 Å². The van der Waals surface area contributed by atoms with Crippen LogP contribution in [-0.2, 0) is 22.3 Å². The highest BCUT2D eigenvalue weighted by Crippen LogP contribution is 2.53. The molecule has 0 aromatic heterocycles. The minimum Gasteiger partial charge on any atom is -0.396 e. The standard InChI is InChI=1S/C14H12F3NO3/c15-14(16,17)9-4-2-1-3-7(9)5-18-12(20)10-8(6-19)11(10)13(18)21/h1-4,8,10-11,19H,5-6H2. The van der Waals surface area contributed by atoms with Gasteiger partial charge >= 0.3 is 6.18 Å². The summed E-state index contributed by atoms with van der Waals surface area (Å²) in [6.45, 7) is -0.627. The maximum Gasteiger partial charge on any atom is 0.416 e. The van der Waals surface area contributed by atoms with Gasteiger partial charge in [0, 0.05) is 12.5 Å². The van der Waals surface area contributed by atoms with Crippen molar-refractivity contribution in [3.05, 3.63) is 35.4 Å². The van der Waals surface area contributed by atoms with Crippen molar-refractivity contribution in [2.75, 3.05) is 6.61 Å². The zero-order valence-electron chi connectivity index (χ0n) is 10.8. The van der Waals surface area contributed by atoms with Gasteiger partial charge in [-0.1, -0.05) is 18.2 Å². The zero-order chi connectivity index (χ0) is 15.4. The number of piperidine rings is 1. The van der Waals surface area contributed by atoms with Crippen LogP contribution in [0.5, 0.6) is 0 Å². The smallest absolute Gasteiger partial charge is 0.396 e. The Morgan fingerprint density at radius 3 is 2.19 bits per heavy atom. The third kappa shape index (κ3) is 2.12. The summed E-state index contributed by atoms with van der Waals surface area (Å²) >= 11 is 0. The lowest BCUT2D eigenvalue weighted by atomic mass is 10.1. The SMILES string of the molecule is O=C1C2C(CO)C2C(=O)N1Cc1ccccc1C(F)(F)F. The van der Waals surface area contributed by atoms with Crippen LogP contribution in [0.15, 0.2) is 24.3 Å². The number of aliphatic hydroxyl groups excluding tert-OH is 1. The van der Waals surface area contributed by atoms with E-state index in [0.29, 0.717) is 0 Å². The number of hydrogen-bond donors (Lipinski definition) is 1. The number of aliphatic hydroxyl groups is 1. The van der Waals surface area contributed by atoms with Crippen molar-refractivity contribution in [3.8, 4) is 0 Å². The Morgan fingerprint density at radius 2 is 1.67 bits per heavy atom. The molecule has 1 heterocycles. The summed E-state index contributed by atoms with van der Waals surface area (Å²) in [5.74, 6) is -2.44. The van der Waals surface area contributed by atoms with E-state index >= 15 is 0 Å². The van der Waals surface area contributed by atoms with Crippen molar-refractivity contribution < 1.29 is 27.9 Å². The van der Waals surface area contributed by atoms with Crippen molar-refractivity contribution in [2.45, 2.75) is 12.7 Å². The number of halogens is 3. The molecule has 1 saturated heterocycles. The first-order valence-corrected chi connectivity index (χ1v) is 6.47. The number of fused-ring (bicyclic) bond motifs is 1. The summed E-state index contributed by atoms with van der Waals surface area (Å²) in [6.07, 6.45) is -4.53. The second-order valence-corrected chi connectivity index (χ2v) is 5.32. The molecule has 112 valence electrons. The van der Waals surface area contributed by atoms with E-state index in [1.165, 1.54) is 18.2 Å². The van der Waals surface area contributed by atoms with Gasteiger partial charge in [0.05, 0.1) is 23.9 Å². The minimum absolute atomic E-state index is 0.103. The van der Waals surface area contributed by atoms with Gasteiger partial charge in [0.1, 0.15) is 0 Å². The molecule has 3 rings (SSSR count). The third-order valence-corrected chi connectivity index (χ3v) is 4.13. The van der Waals surface area contributed by atoms with Gasteiger partial charge in [-0.2, -0.15) is 13.2 Å². The molecule has 2 fully saturated rings. The molecule has 0 radical (unpaired) electrons. The molecule has 21 heavy (non-hydrogen) atoms. The number of likely N-dealkylation sites (tertiary alicyclic amines) is 1. The van der Waals surface area contributed by atoms with Crippen LogP contribution >= 0.6 is 0 Å². The fourth-order valence-electron chi connectivity index (χ4n) is 3.00. The fraction of sp³-hybridized carbons (Fsp3) is 0.429. The van der Waals surface area contributed by atoms with Gasteiger partial charge < -0.3 is 5.11 Å². The first-order chi connectivity index (χ1) is 9.86. The van der Waals surface area contributed by atoms with E-state index in [-0.39, 0.29) is 24.6 Å². The second-order valence-electron chi connectivity index (χ2n) is 5.32. The zero-order valence-corrected chi connectivity index (χ0v) is 10.8. The van der Waals surface area contributed by atoms with Gasteiger partial charge in [-0.05, 0) is 11.6 Å².